The average molecular weight is 280 g/mol. The second-order valence-electron chi connectivity index (χ2n) is 4.69. The second-order valence-corrected chi connectivity index (χ2v) is 4.69. The van der Waals surface area contributed by atoms with Crippen molar-refractivity contribution >= 4 is 11.0 Å². The van der Waals surface area contributed by atoms with Crippen LogP contribution in [0.25, 0.3) is 22.2 Å². The molecule has 1 aromatic carbocycles. The van der Waals surface area contributed by atoms with Crippen LogP contribution in [-0.4, -0.2) is 12.1 Å². The highest BCUT2D eigenvalue weighted by Gasteiger charge is 2.13. The van der Waals surface area contributed by atoms with E-state index in [-0.39, 0.29) is 5.63 Å². The number of H-pyrrole nitrogens is 1. The fourth-order valence-electron chi connectivity index (χ4n) is 2.34. The Morgan fingerprint density at radius 1 is 1.29 bits per heavy atom. The van der Waals surface area contributed by atoms with Crippen molar-refractivity contribution in [3.63, 3.8) is 0 Å². The number of methoxy groups -OCH3 is 1. The summed E-state index contributed by atoms with van der Waals surface area (Å²) in [6.45, 7) is 1.85. The lowest BCUT2D eigenvalue weighted by atomic mass is 10.0. The van der Waals surface area contributed by atoms with E-state index >= 15 is 0 Å². The van der Waals surface area contributed by atoms with Crippen molar-refractivity contribution in [1.82, 2.24) is 4.98 Å². The second kappa shape index (κ2) is 4.84. The van der Waals surface area contributed by atoms with E-state index in [1.54, 1.807) is 19.2 Å². The number of aromatic amines is 1. The molecule has 5 heteroatoms. The zero-order valence-corrected chi connectivity index (χ0v) is 11.6. The van der Waals surface area contributed by atoms with Crippen LogP contribution in [-0.2, 0) is 0 Å². The molecule has 0 bridgehead atoms. The summed E-state index contributed by atoms with van der Waals surface area (Å²) in [5.74, 6) is 0.572. The number of rotatable bonds is 2. The molecule has 1 N–H and O–H groups in total. The van der Waals surface area contributed by atoms with Crippen LogP contribution in [0.4, 0.5) is 0 Å². The quantitative estimate of drug-likeness (QED) is 0.732. The van der Waals surface area contributed by atoms with Gasteiger partial charge in [-0.15, -0.1) is 0 Å². The molecule has 0 fully saturated rings. The largest absolute Gasteiger partial charge is 0.496 e. The highest BCUT2D eigenvalue weighted by molar-refractivity contribution is 5.88. The molecule has 0 radical (unpaired) electrons. The number of ether oxygens (including phenoxy) is 1. The van der Waals surface area contributed by atoms with Gasteiger partial charge in [-0.25, -0.2) is 4.79 Å². The van der Waals surface area contributed by atoms with Crippen LogP contribution in [0.5, 0.6) is 5.75 Å². The monoisotopic (exact) mass is 280 g/mol. The van der Waals surface area contributed by atoms with Crippen molar-refractivity contribution in [3.05, 3.63) is 52.0 Å². The molecule has 0 saturated heterocycles. The zero-order valence-electron chi connectivity index (χ0n) is 11.6. The van der Waals surface area contributed by atoms with E-state index in [4.69, 9.17) is 14.4 Å². The minimum absolute atomic E-state index is 0.388. The Morgan fingerprint density at radius 3 is 2.76 bits per heavy atom. The molecule has 0 aliphatic heterocycles. The normalized spacial score (nSPS) is 10.5. The molecule has 104 valence electrons. The van der Waals surface area contributed by atoms with Gasteiger partial charge in [0.2, 0.25) is 0 Å². The minimum atomic E-state index is -0.388. The summed E-state index contributed by atoms with van der Waals surface area (Å²) in [6, 6.07) is 10.6. The smallest absolute Gasteiger partial charge is 0.336 e. The molecule has 0 saturated carbocycles. The standard InChI is InChI=1S/C16H12N2O3/c1-9-5-16(19)21-15-7-14(20-2)12(6-11(9)15)13-4-3-10(8-17)18-13/h3-7,18H,1-2H3. The molecule has 0 atom stereocenters. The van der Waals surface area contributed by atoms with Gasteiger partial charge in [0.15, 0.2) is 0 Å². The molecule has 0 unspecified atom stereocenters. The van der Waals surface area contributed by atoms with Crippen LogP contribution in [0.15, 0.2) is 39.5 Å². The van der Waals surface area contributed by atoms with E-state index in [0.717, 1.165) is 22.2 Å². The molecule has 0 spiro atoms. The van der Waals surface area contributed by atoms with Gasteiger partial charge in [-0.2, -0.15) is 5.26 Å². The first-order valence-electron chi connectivity index (χ1n) is 6.34. The molecule has 2 heterocycles. The van der Waals surface area contributed by atoms with Crippen molar-refractivity contribution in [2.45, 2.75) is 6.92 Å². The van der Waals surface area contributed by atoms with Gasteiger partial charge in [0.25, 0.3) is 0 Å². The number of nitriles is 1. The number of benzene rings is 1. The maximum Gasteiger partial charge on any atom is 0.336 e. The van der Waals surface area contributed by atoms with Crippen LogP contribution >= 0.6 is 0 Å². The lowest BCUT2D eigenvalue weighted by Crippen LogP contribution is -1.99. The Balaban J connectivity index is 2.31. The SMILES string of the molecule is COc1cc2oc(=O)cc(C)c2cc1-c1ccc(C#N)[nH]1. The fraction of sp³-hybridized carbons (Fsp3) is 0.125. The van der Waals surface area contributed by atoms with Gasteiger partial charge in [-0.3, -0.25) is 0 Å². The van der Waals surface area contributed by atoms with Gasteiger partial charge in [0.1, 0.15) is 23.1 Å². The Morgan fingerprint density at radius 2 is 2.10 bits per heavy atom. The van der Waals surface area contributed by atoms with Gasteiger partial charge in [0, 0.05) is 23.1 Å². The van der Waals surface area contributed by atoms with Gasteiger partial charge in [0.05, 0.1) is 12.8 Å². The van der Waals surface area contributed by atoms with E-state index in [2.05, 4.69) is 11.1 Å². The predicted molar refractivity (Wildman–Crippen MR) is 78.3 cm³/mol. The van der Waals surface area contributed by atoms with Crippen LogP contribution in [0, 0.1) is 18.3 Å². The summed E-state index contributed by atoms with van der Waals surface area (Å²) < 4.78 is 10.6. The highest BCUT2D eigenvalue weighted by atomic mass is 16.5. The van der Waals surface area contributed by atoms with Crippen LogP contribution in [0.1, 0.15) is 11.3 Å². The molecule has 0 aliphatic carbocycles. The summed E-state index contributed by atoms with van der Waals surface area (Å²) in [4.78, 5) is 14.5. The van der Waals surface area contributed by atoms with Crippen LogP contribution in [0.3, 0.4) is 0 Å². The maximum absolute atomic E-state index is 11.5. The topological polar surface area (TPSA) is 79.0 Å². The van der Waals surface area contributed by atoms with Gasteiger partial charge >= 0.3 is 5.63 Å². The summed E-state index contributed by atoms with van der Waals surface area (Å²) in [5.41, 5.74) is 2.98. The van der Waals surface area contributed by atoms with Gasteiger partial charge in [-0.05, 0) is 30.7 Å². The molecule has 0 aliphatic rings. The number of aromatic nitrogens is 1. The third-order valence-electron chi connectivity index (χ3n) is 3.37. The summed E-state index contributed by atoms with van der Waals surface area (Å²) in [5, 5.41) is 9.74. The lowest BCUT2D eigenvalue weighted by molar-refractivity contribution is 0.415. The first-order valence-corrected chi connectivity index (χ1v) is 6.34. The molecule has 21 heavy (non-hydrogen) atoms. The Labute approximate surface area is 120 Å². The molecule has 0 amide bonds. The van der Waals surface area contributed by atoms with E-state index in [0.29, 0.717) is 17.0 Å². The molecule has 3 rings (SSSR count). The predicted octanol–water partition coefficient (Wildman–Crippen LogP) is 2.98. The van der Waals surface area contributed by atoms with Gasteiger partial charge in [-0.1, -0.05) is 0 Å². The molecule has 5 nitrogen and oxygen atoms in total. The summed E-state index contributed by atoms with van der Waals surface area (Å²) in [7, 11) is 1.55. The third kappa shape index (κ3) is 2.17. The van der Waals surface area contributed by atoms with Crippen molar-refractivity contribution in [2.24, 2.45) is 0 Å². The first-order chi connectivity index (χ1) is 10.1. The number of hydrogen-bond donors (Lipinski definition) is 1. The van der Waals surface area contributed by atoms with Crippen molar-refractivity contribution in [3.8, 4) is 23.1 Å². The van der Waals surface area contributed by atoms with Gasteiger partial charge < -0.3 is 14.1 Å². The number of fused-ring (bicyclic) bond motifs is 1. The van der Waals surface area contributed by atoms with E-state index in [9.17, 15) is 4.79 Å². The van der Waals surface area contributed by atoms with Crippen molar-refractivity contribution in [1.29, 1.82) is 5.26 Å². The van der Waals surface area contributed by atoms with Crippen molar-refractivity contribution in [2.75, 3.05) is 7.11 Å². The third-order valence-corrected chi connectivity index (χ3v) is 3.37. The Kier molecular flexibility index (Phi) is 2.99. The fourth-order valence-corrected chi connectivity index (χ4v) is 2.34. The Bertz CT molecular complexity index is 929. The molecule has 3 aromatic rings. The van der Waals surface area contributed by atoms with Crippen LogP contribution in [0.2, 0.25) is 0 Å². The Hall–Kier alpha value is -3.00. The minimum Gasteiger partial charge on any atom is -0.496 e. The molecular weight excluding hydrogens is 268 g/mol. The van der Waals surface area contributed by atoms with E-state index < -0.39 is 0 Å². The van der Waals surface area contributed by atoms with E-state index in [1.807, 2.05) is 19.1 Å². The van der Waals surface area contributed by atoms with Crippen LogP contribution < -0.4 is 10.4 Å². The lowest BCUT2D eigenvalue weighted by Gasteiger charge is -2.09. The number of nitrogens with zero attached hydrogens (tertiary/aromatic N) is 1. The number of hydrogen-bond acceptors (Lipinski definition) is 4. The average Bonchev–Trinajstić information content (AvgIpc) is 2.94. The number of nitrogens with one attached hydrogen (secondary N) is 1. The number of aryl methyl sites for hydroxylation is 1. The first kappa shape index (κ1) is 13.0. The van der Waals surface area contributed by atoms with Crippen molar-refractivity contribution < 1.29 is 9.15 Å². The zero-order chi connectivity index (χ0) is 15.0. The molecular formula is C16H12N2O3. The van der Waals surface area contributed by atoms with E-state index in [1.165, 1.54) is 6.07 Å². The summed E-state index contributed by atoms with van der Waals surface area (Å²) in [6.07, 6.45) is 0. The maximum atomic E-state index is 11.5. The highest BCUT2D eigenvalue weighted by Crippen LogP contribution is 2.34. The molecule has 2 aromatic heterocycles. The summed E-state index contributed by atoms with van der Waals surface area (Å²) >= 11 is 0.